The van der Waals surface area contributed by atoms with Gasteiger partial charge in [0.1, 0.15) is 11.6 Å². The molecule has 2 N–H and O–H groups in total. The molecule has 1 aromatic carbocycles. The SMILES string of the molecule is O=C(NC1CCC(O)CC1)[C@H]1CCCN(S(=O)(=O)c2c(F)cccc2F)C1. The number of hydrogen-bond acceptors (Lipinski definition) is 4. The molecule has 0 unspecified atom stereocenters. The van der Waals surface area contributed by atoms with Gasteiger partial charge in [0.05, 0.1) is 12.0 Å². The summed E-state index contributed by atoms with van der Waals surface area (Å²) >= 11 is 0. The van der Waals surface area contributed by atoms with E-state index in [1.165, 1.54) is 0 Å². The summed E-state index contributed by atoms with van der Waals surface area (Å²) in [5, 5.41) is 12.5. The Morgan fingerprint density at radius 3 is 2.37 bits per heavy atom. The molecule has 9 heteroatoms. The van der Waals surface area contributed by atoms with Gasteiger partial charge in [0.25, 0.3) is 0 Å². The normalized spacial score (nSPS) is 27.3. The van der Waals surface area contributed by atoms with Gasteiger partial charge in [-0.1, -0.05) is 6.07 Å². The van der Waals surface area contributed by atoms with Crippen molar-refractivity contribution in [2.45, 2.75) is 55.6 Å². The van der Waals surface area contributed by atoms with Crippen LogP contribution in [0.25, 0.3) is 0 Å². The van der Waals surface area contributed by atoms with Gasteiger partial charge in [-0.3, -0.25) is 4.79 Å². The summed E-state index contributed by atoms with van der Waals surface area (Å²) in [5.41, 5.74) is 0. The van der Waals surface area contributed by atoms with E-state index in [2.05, 4.69) is 5.32 Å². The van der Waals surface area contributed by atoms with Crippen LogP contribution in [0.3, 0.4) is 0 Å². The molecule has 27 heavy (non-hydrogen) atoms. The second kappa shape index (κ2) is 8.20. The maximum Gasteiger partial charge on any atom is 0.248 e. The first-order valence-corrected chi connectivity index (χ1v) is 10.7. The van der Waals surface area contributed by atoms with Crippen molar-refractivity contribution in [2.24, 2.45) is 5.92 Å². The number of sulfonamides is 1. The molecule has 1 aliphatic carbocycles. The first-order valence-electron chi connectivity index (χ1n) is 9.21. The van der Waals surface area contributed by atoms with Gasteiger partial charge in [-0.05, 0) is 50.7 Å². The molecule has 150 valence electrons. The monoisotopic (exact) mass is 402 g/mol. The zero-order chi connectivity index (χ0) is 19.6. The molecule has 2 fully saturated rings. The Morgan fingerprint density at radius 2 is 1.74 bits per heavy atom. The van der Waals surface area contributed by atoms with E-state index in [1.54, 1.807) is 0 Å². The third kappa shape index (κ3) is 4.47. The van der Waals surface area contributed by atoms with Crippen molar-refractivity contribution in [3.63, 3.8) is 0 Å². The lowest BCUT2D eigenvalue weighted by atomic mass is 9.92. The summed E-state index contributed by atoms with van der Waals surface area (Å²) < 4.78 is 54.3. The molecule has 0 spiro atoms. The zero-order valence-electron chi connectivity index (χ0n) is 14.9. The highest BCUT2D eigenvalue weighted by Gasteiger charge is 2.37. The molecule has 6 nitrogen and oxygen atoms in total. The average molecular weight is 402 g/mol. The van der Waals surface area contributed by atoms with Crippen LogP contribution in [0.1, 0.15) is 38.5 Å². The lowest BCUT2D eigenvalue weighted by molar-refractivity contribution is -0.127. The second-order valence-electron chi connectivity index (χ2n) is 7.27. The third-order valence-electron chi connectivity index (χ3n) is 5.31. The van der Waals surface area contributed by atoms with E-state index in [0.29, 0.717) is 38.5 Å². The van der Waals surface area contributed by atoms with Crippen LogP contribution in [0.5, 0.6) is 0 Å². The van der Waals surface area contributed by atoms with Crippen LogP contribution < -0.4 is 5.32 Å². The van der Waals surface area contributed by atoms with Crippen LogP contribution >= 0.6 is 0 Å². The predicted octanol–water partition coefficient (Wildman–Crippen LogP) is 1.79. The summed E-state index contributed by atoms with van der Waals surface area (Å²) in [4.78, 5) is 11.6. The van der Waals surface area contributed by atoms with Crippen LogP contribution in [0.2, 0.25) is 0 Å². The van der Waals surface area contributed by atoms with Gasteiger partial charge in [0, 0.05) is 19.1 Å². The molecular weight excluding hydrogens is 378 g/mol. The van der Waals surface area contributed by atoms with Crippen LogP contribution in [-0.2, 0) is 14.8 Å². The Balaban J connectivity index is 1.69. The summed E-state index contributed by atoms with van der Waals surface area (Å²) in [6.07, 6.45) is 3.25. The number of piperidine rings is 1. The minimum atomic E-state index is -4.36. The second-order valence-corrected chi connectivity index (χ2v) is 9.14. The van der Waals surface area contributed by atoms with Gasteiger partial charge >= 0.3 is 0 Å². The van der Waals surface area contributed by atoms with Gasteiger partial charge in [0.2, 0.25) is 15.9 Å². The highest BCUT2D eigenvalue weighted by atomic mass is 32.2. The van der Waals surface area contributed by atoms with Crippen molar-refractivity contribution < 1.29 is 27.1 Å². The van der Waals surface area contributed by atoms with E-state index in [1.807, 2.05) is 0 Å². The number of halogens is 2. The lowest BCUT2D eigenvalue weighted by Gasteiger charge is -2.33. The van der Waals surface area contributed by atoms with E-state index in [4.69, 9.17) is 0 Å². The van der Waals surface area contributed by atoms with E-state index < -0.39 is 32.5 Å². The number of carbonyl (C=O) groups is 1. The number of rotatable bonds is 4. The molecule has 0 radical (unpaired) electrons. The maximum absolute atomic E-state index is 14.0. The standard InChI is InChI=1S/C18H24F2N2O4S/c19-15-4-1-5-16(20)17(15)27(25,26)22-10-2-3-12(11-22)18(24)21-13-6-8-14(23)9-7-13/h1,4-5,12-14,23H,2-3,6-11H2,(H,21,24)/t12-,13?,14?/m0/s1. The summed E-state index contributed by atoms with van der Waals surface area (Å²) in [6.45, 7) is 0.0206. The lowest BCUT2D eigenvalue weighted by Crippen LogP contribution is -2.48. The molecule has 1 heterocycles. The Labute approximate surface area is 157 Å². The van der Waals surface area contributed by atoms with Crippen LogP contribution in [-0.4, -0.2) is 49.0 Å². The molecular formula is C18H24F2N2O4S. The van der Waals surface area contributed by atoms with E-state index in [0.717, 1.165) is 22.5 Å². The number of nitrogens with one attached hydrogen (secondary N) is 1. The molecule has 1 amide bonds. The fraction of sp³-hybridized carbons (Fsp3) is 0.611. The molecule has 1 saturated heterocycles. The number of benzene rings is 1. The molecule has 1 aliphatic heterocycles. The van der Waals surface area contributed by atoms with Gasteiger partial charge in [0.15, 0.2) is 4.90 Å². The topological polar surface area (TPSA) is 86.7 Å². The van der Waals surface area contributed by atoms with Crippen molar-refractivity contribution in [1.82, 2.24) is 9.62 Å². The van der Waals surface area contributed by atoms with Crippen molar-refractivity contribution >= 4 is 15.9 Å². The maximum atomic E-state index is 14.0. The van der Waals surface area contributed by atoms with E-state index in [-0.39, 0.29) is 31.1 Å². The zero-order valence-corrected chi connectivity index (χ0v) is 15.7. The third-order valence-corrected chi connectivity index (χ3v) is 7.23. The number of aliphatic hydroxyl groups is 1. The summed E-state index contributed by atoms with van der Waals surface area (Å²) in [6, 6.07) is 2.89. The molecule has 1 aromatic rings. The van der Waals surface area contributed by atoms with Crippen molar-refractivity contribution in [1.29, 1.82) is 0 Å². The highest BCUT2D eigenvalue weighted by molar-refractivity contribution is 7.89. The van der Waals surface area contributed by atoms with Crippen molar-refractivity contribution in [3.8, 4) is 0 Å². The minimum absolute atomic E-state index is 0.0307. The molecule has 2 aliphatic rings. The largest absolute Gasteiger partial charge is 0.393 e. The van der Waals surface area contributed by atoms with E-state index >= 15 is 0 Å². The number of carbonyl (C=O) groups excluding carboxylic acids is 1. The summed E-state index contributed by atoms with van der Waals surface area (Å²) in [7, 11) is -4.36. The van der Waals surface area contributed by atoms with Gasteiger partial charge in [-0.25, -0.2) is 17.2 Å². The van der Waals surface area contributed by atoms with E-state index in [9.17, 15) is 27.1 Å². The van der Waals surface area contributed by atoms with Crippen LogP contribution in [0.15, 0.2) is 23.1 Å². The van der Waals surface area contributed by atoms with Gasteiger partial charge < -0.3 is 10.4 Å². The molecule has 0 aromatic heterocycles. The molecule has 3 rings (SSSR count). The number of nitrogens with zero attached hydrogens (tertiary/aromatic N) is 1. The highest BCUT2D eigenvalue weighted by Crippen LogP contribution is 2.28. The minimum Gasteiger partial charge on any atom is -0.393 e. The molecule has 1 atom stereocenters. The van der Waals surface area contributed by atoms with Gasteiger partial charge in [-0.2, -0.15) is 4.31 Å². The first kappa shape index (κ1) is 20.2. The van der Waals surface area contributed by atoms with Crippen LogP contribution in [0.4, 0.5) is 8.78 Å². The quantitative estimate of drug-likeness (QED) is 0.804. The van der Waals surface area contributed by atoms with Crippen molar-refractivity contribution in [2.75, 3.05) is 13.1 Å². The number of aliphatic hydroxyl groups excluding tert-OH is 1. The first-order chi connectivity index (χ1) is 12.8. The fourth-order valence-electron chi connectivity index (χ4n) is 3.77. The Bertz CT molecular complexity index is 774. The Hall–Kier alpha value is -1.58. The Morgan fingerprint density at radius 1 is 1.11 bits per heavy atom. The number of amides is 1. The van der Waals surface area contributed by atoms with Crippen molar-refractivity contribution in [3.05, 3.63) is 29.8 Å². The average Bonchev–Trinajstić information content (AvgIpc) is 2.63. The Kier molecular flexibility index (Phi) is 6.12. The smallest absolute Gasteiger partial charge is 0.248 e. The predicted molar refractivity (Wildman–Crippen MR) is 94.2 cm³/mol. The van der Waals surface area contributed by atoms with Crippen LogP contribution in [0, 0.1) is 17.6 Å². The summed E-state index contributed by atoms with van der Waals surface area (Å²) in [5.74, 6) is -3.08. The molecule has 1 saturated carbocycles. The number of hydrogen-bond donors (Lipinski definition) is 2. The van der Waals surface area contributed by atoms with Gasteiger partial charge in [-0.15, -0.1) is 0 Å². The molecule has 0 bridgehead atoms. The fourth-order valence-corrected chi connectivity index (χ4v) is 5.40.